The van der Waals surface area contributed by atoms with Gasteiger partial charge in [0.1, 0.15) is 5.75 Å². The third-order valence-corrected chi connectivity index (χ3v) is 15.8. The number of sulfonamides is 1. The molecule has 8 atom stereocenters. The lowest BCUT2D eigenvalue weighted by Gasteiger charge is -2.71. The van der Waals surface area contributed by atoms with E-state index < -0.39 is 50.1 Å². The Morgan fingerprint density at radius 3 is 2.20 bits per heavy atom. The third-order valence-electron chi connectivity index (χ3n) is 14.6. The van der Waals surface area contributed by atoms with Crippen LogP contribution in [0.5, 0.6) is 5.75 Å². The standard InChI is InChI=1S/C44H48F3NO6S/c1-39-20-17-31(49)25-41(39)23-24-43(35(26-41)38(50)34-12-8-7-11-33(34)30-9-5-4-6-10-30)36(39)18-21-40(2)37(43)19-22-42(40,51)28-48(55(3,52)53)27-29-13-15-32(16-14-29)54-44(45,46)47/h4-16,23-24,26,31,36-37,49,51H,17-22,25,27-28H2,1-3H3. The Balaban J connectivity index is 1.19. The van der Waals surface area contributed by atoms with Gasteiger partial charge in [0.2, 0.25) is 10.0 Å². The average molecular weight is 776 g/mol. The van der Waals surface area contributed by atoms with Gasteiger partial charge in [0, 0.05) is 40.5 Å². The van der Waals surface area contributed by atoms with Crippen LogP contribution >= 0.6 is 0 Å². The van der Waals surface area contributed by atoms with Crippen LogP contribution in [-0.2, 0) is 16.6 Å². The first-order valence-corrected chi connectivity index (χ1v) is 21.0. The molecule has 7 nitrogen and oxygen atoms in total. The molecule has 292 valence electrons. The van der Waals surface area contributed by atoms with Crippen molar-refractivity contribution < 1.29 is 41.3 Å². The minimum absolute atomic E-state index is 0.0502. The molecule has 3 fully saturated rings. The Morgan fingerprint density at radius 1 is 0.873 bits per heavy atom. The number of nitrogens with zero attached hydrogens (tertiary/aromatic N) is 1. The van der Waals surface area contributed by atoms with E-state index in [1.807, 2.05) is 54.6 Å². The zero-order chi connectivity index (χ0) is 39.2. The molecule has 11 heteroatoms. The first-order chi connectivity index (χ1) is 25.8. The average Bonchev–Trinajstić information content (AvgIpc) is 3.41. The zero-order valence-corrected chi connectivity index (χ0v) is 32.2. The number of hydrogen-bond acceptors (Lipinski definition) is 6. The summed E-state index contributed by atoms with van der Waals surface area (Å²) in [6, 6.07) is 22.6. The van der Waals surface area contributed by atoms with E-state index >= 15 is 4.79 Å². The molecule has 6 aliphatic rings. The fourth-order valence-corrected chi connectivity index (χ4v) is 12.7. The van der Waals surface area contributed by atoms with Gasteiger partial charge in [-0.1, -0.05) is 98.8 Å². The highest BCUT2D eigenvalue weighted by Crippen LogP contribution is 2.78. The molecule has 6 aliphatic carbocycles. The molecule has 0 aliphatic heterocycles. The van der Waals surface area contributed by atoms with Crippen molar-refractivity contribution in [2.24, 2.45) is 33.5 Å². The summed E-state index contributed by atoms with van der Waals surface area (Å²) in [4.78, 5) is 15.4. The summed E-state index contributed by atoms with van der Waals surface area (Å²) in [6.45, 7) is 4.01. The molecule has 9 rings (SSSR count). The van der Waals surface area contributed by atoms with E-state index in [0.717, 1.165) is 35.9 Å². The highest BCUT2D eigenvalue weighted by molar-refractivity contribution is 7.88. The van der Waals surface area contributed by atoms with Crippen LogP contribution < -0.4 is 4.74 Å². The molecular formula is C44H48F3NO6S. The smallest absolute Gasteiger partial charge is 0.406 e. The molecule has 0 aromatic heterocycles. The maximum atomic E-state index is 15.4. The van der Waals surface area contributed by atoms with Crippen molar-refractivity contribution in [1.82, 2.24) is 4.31 Å². The minimum Gasteiger partial charge on any atom is -0.406 e. The number of fused-ring (bicyclic) bond motifs is 1. The van der Waals surface area contributed by atoms with Crippen molar-refractivity contribution in [1.29, 1.82) is 0 Å². The molecule has 0 radical (unpaired) electrons. The first-order valence-electron chi connectivity index (χ1n) is 19.2. The topological polar surface area (TPSA) is 104 Å². The molecule has 0 heterocycles. The molecule has 3 aromatic carbocycles. The van der Waals surface area contributed by atoms with Gasteiger partial charge in [-0.15, -0.1) is 13.2 Å². The summed E-state index contributed by atoms with van der Waals surface area (Å²) in [5, 5.41) is 24.0. The van der Waals surface area contributed by atoms with Crippen LogP contribution in [0.15, 0.2) is 103 Å². The van der Waals surface area contributed by atoms with Crippen LogP contribution in [0, 0.1) is 33.5 Å². The number of carbonyl (C=O) groups is 1. The lowest BCUT2D eigenvalue weighted by Crippen LogP contribution is -2.67. The number of halogens is 3. The predicted molar refractivity (Wildman–Crippen MR) is 203 cm³/mol. The van der Waals surface area contributed by atoms with Gasteiger partial charge in [-0.3, -0.25) is 4.79 Å². The highest BCUT2D eigenvalue weighted by atomic mass is 32.2. The van der Waals surface area contributed by atoms with E-state index in [1.54, 1.807) is 0 Å². The summed E-state index contributed by atoms with van der Waals surface area (Å²) in [6.07, 6.45) is 6.58. The van der Waals surface area contributed by atoms with Gasteiger partial charge in [-0.05, 0) is 91.0 Å². The third kappa shape index (κ3) is 5.94. The van der Waals surface area contributed by atoms with E-state index in [9.17, 15) is 31.8 Å². The van der Waals surface area contributed by atoms with Crippen molar-refractivity contribution >= 4 is 15.8 Å². The summed E-state index contributed by atoms with van der Waals surface area (Å²) in [7, 11) is -3.89. The fourth-order valence-electron chi connectivity index (χ4n) is 11.9. The van der Waals surface area contributed by atoms with Crippen LogP contribution in [-0.4, -0.2) is 59.6 Å². The number of allylic oxidation sites excluding steroid dienone is 4. The Kier molecular flexibility index (Phi) is 8.93. The molecule has 2 N–H and O–H groups in total. The van der Waals surface area contributed by atoms with Gasteiger partial charge in [0.25, 0.3) is 0 Å². The number of alkyl halides is 3. The van der Waals surface area contributed by atoms with Gasteiger partial charge in [0.05, 0.1) is 18.0 Å². The SMILES string of the molecule is CC12CCC(O)CC13C=CC1(C(C(=O)c4ccccc4-c4ccccc4)=C3)C2CCC2(C)C1CCC2(O)CN(Cc1ccc(OC(F)(F)F)cc1)S(C)(=O)=O. The van der Waals surface area contributed by atoms with E-state index in [2.05, 4.69) is 36.8 Å². The molecule has 55 heavy (non-hydrogen) atoms. The quantitative estimate of drug-likeness (QED) is 0.167. The molecule has 3 saturated carbocycles. The fraction of sp³-hybridized carbons (Fsp3) is 0.477. The van der Waals surface area contributed by atoms with E-state index in [-0.39, 0.29) is 36.1 Å². The van der Waals surface area contributed by atoms with E-state index in [1.165, 1.54) is 16.4 Å². The molecule has 3 aromatic rings. The maximum absolute atomic E-state index is 15.4. The molecule has 2 bridgehead atoms. The first kappa shape index (κ1) is 38.1. The lowest BCUT2D eigenvalue weighted by atomic mass is 9.32. The van der Waals surface area contributed by atoms with Crippen molar-refractivity contribution in [3.05, 3.63) is 114 Å². The normalized spacial score (nSPS) is 35.1. The predicted octanol–water partition coefficient (Wildman–Crippen LogP) is 8.49. The number of benzene rings is 3. The molecule has 2 spiro atoms. The van der Waals surface area contributed by atoms with Crippen LogP contribution in [0.2, 0.25) is 0 Å². The van der Waals surface area contributed by atoms with Gasteiger partial charge in [-0.2, -0.15) is 4.31 Å². The van der Waals surface area contributed by atoms with Crippen LogP contribution in [0.25, 0.3) is 11.1 Å². The van der Waals surface area contributed by atoms with Crippen LogP contribution in [0.1, 0.15) is 74.7 Å². The van der Waals surface area contributed by atoms with Crippen molar-refractivity contribution in [2.75, 3.05) is 12.8 Å². The summed E-state index contributed by atoms with van der Waals surface area (Å²) in [5.74, 6) is -0.632. The number of ether oxygens (including phenoxy) is 1. The monoisotopic (exact) mass is 775 g/mol. The van der Waals surface area contributed by atoms with Crippen LogP contribution in [0.3, 0.4) is 0 Å². The minimum atomic E-state index is -4.86. The number of ketones is 1. The lowest BCUT2D eigenvalue weighted by molar-refractivity contribution is -0.274. The number of rotatable bonds is 9. The Bertz CT molecular complexity index is 2170. The van der Waals surface area contributed by atoms with E-state index in [4.69, 9.17) is 0 Å². The number of aliphatic hydroxyl groups excluding tert-OH is 1. The summed E-state index contributed by atoms with van der Waals surface area (Å²) < 4.78 is 70.3. The Hall–Kier alpha value is -3.77. The van der Waals surface area contributed by atoms with Crippen LogP contribution in [0.4, 0.5) is 13.2 Å². The second-order valence-electron chi connectivity index (χ2n) is 17.3. The zero-order valence-electron chi connectivity index (χ0n) is 31.4. The second kappa shape index (κ2) is 12.9. The summed E-state index contributed by atoms with van der Waals surface area (Å²) in [5.41, 5.74) is -0.269. The second-order valence-corrected chi connectivity index (χ2v) is 19.3. The number of Topliss-reactive ketones (excluding diaryl/α,β-unsaturated/α-hetero) is 1. The number of aliphatic hydroxyl groups is 2. The molecule has 0 amide bonds. The van der Waals surface area contributed by atoms with E-state index in [0.29, 0.717) is 55.2 Å². The number of carbonyl (C=O) groups excluding carboxylic acids is 1. The molecule has 8 unspecified atom stereocenters. The molecular weight excluding hydrogens is 728 g/mol. The van der Waals surface area contributed by atoms with Gasteiger partial charge >= 0.3 is 6.36 Å². The summed E-state index contributed by atoms with van der Waals surface area (Å²) >= 11 is 0. The maximum Gasteiger partial charge on any atom is 0.573 e. The van der Waals surface area contributed by atoms with Gasteiger partial charge in [-0.25, -0.2) is 8.42 Å². The van der Waals surface area contributed by atoms with Gasteiger partial charge < -0.3 is 14.9 Å². The largest absolute Gasteiger partial charge is 0.573 e. The van der Waals surface area contributed by atoms with Gasteiger partial charge in [0.15, 0.2) is 5.78 Å². The number of hydrogen-bond donors (Lipinski definition) is 2. The Morgan fingerprint density at radius 2 is 1.51 bits per heavy atom. The van der Waals surface area contributed by atoms with Crippen molar-refractivity contribution in [3.63, 3.8) is 0 Å². The highest BCUT2D eigenvalue weighted by Gasteiger charge is 2.74. The Labute approximate surface area is 321 Å². The molecule has 0 saturated heterocycles. The van der Waals surface area contributed by atoms with Crippen molar-refractivity contribution in [3.8, 4) is 16.9 Å². The van der Waals surface area contributed by atoms with Crippen molar-refractivity contribution in [2.45, 2.75) is 83.4 Å².